The van der Waals surface area contributed by atoms with Crippen LogP contribution in [0.2, 0.25) is 10.0 Å². The number of carboxylic acid groups (broad SMARTS) is 1. The maximum absolute atomic E-state index is 14.7. The average molecular weight is 1130 g/mol. The van der Waals surface area contributed by atoms with Crippen molar-refractivity contribution in [3.8, 4) is 22.8 Å². The fourth-order valence-corrected chi connectivity index (χ4v) is 10.3. The Morgan fingerprint density at radius 2 is 1.57 bits per heavy atom. The molecule has 426 valence electrons. The number of ether oxygens (including phenoxy) is 2. The molecule has 4 amide bonds. The fourth-order valence-electron chi connectivity index (χ4n) is 9.97. The predicted molar refractivity (Wildman–Crippen MR) is 303 cm³/mol. The first-order chi connectivity index (χ1) is 37.7. The van der Waals surface area contributed by atoms with Crippen molar-refractivity contribution in [3.63, 3.8) is 0 Å². The lowest BCUT2D eigenvalue weighted by molar-refractivity contribution is -0.614. The Morgan fingerprint density at radius 3 is 2.24 bits per heavy atom. The van der Waals surface area contributed by atoms with E-state index in [1.807, 2.05) is 88.8 Å². The van der Waals surface area contributed by atoms with E-state index >= 15 is 0 Å². The summed E-state index contributed by atoms with van der Waals surface area (Å²) >= 11 is 12.8. The minimum absolute atomic E-state index is 0.0720. The maximum atomic E-state index is 14.7. The number of aromatic nitrogens is 3. The van der Waals surface area contributed by atoms with Crippen molar-refractivity contribution in [2.45, 2.75) is 101 Å². The topological polar surface area (TPSA) is 218 Å². The maximum Gasteiger partial charge on any atom is 0.304 e. The van der Waals surface area contributed by atoms with Crippen molar-refractivity contribution in [1.29, 1.82) is 0 Å². The number of carbonyl (C=O) groups is 5. The van der Waals surface area contributed by atoms with Crippen molar-refractivity contribution in [1.82, 2.24) is 45.1 Å². The third-order valence-electron chi connectivity index (χ3n) is 14.4. The van der Waals surface area contributed by atoms with Crippen LogP contribution in [0.1, 0.15) is 67.6 Å². The molecule has 79 heavy (non-hydrogen) atoms. The molecular formula is C58H76Cl2N10O9. The van der Waals surface area contributed by atoms with Gasteiger partial charge in [-0.2, -0.15) is 4.73 Å². The van der Waals surface area contributed by atoms with E-state index in [1.54, 1.807) is 56.6 Å². The van der Waals surface area contributed by atoms with Crippen molar-refractivity contribution in [3.05, 3.63) is 135 Å². The van der Waals surface area contributed by atoms with Gasteiger partial charge in [0.25, 0.3) is 0 Å². The van der Waals surface area contributed by atoms with Crippen LogP contribution >= 0.6 is 23.2 Å². The van der Waals surface area contributed by atoms with Gasteiger partial charge in [0.15, 0.2) is 11.9 Å². The lowest BCUT2D eigenvalue weighted by Gasteiger charge is -2.40. The highest BCUT2D eigenvalue weighted by Gasteiger charge is 2.38. The van der Waals surface area contributed by atoms with Crippen molar-refractivity contribution in [2.24, 2.45) is 13.0 Å². The van der Waals surface area contributed by atoms with Crippen LogP contribution < -0.4 is 25.4 Å². The normalized spacial score (nSPS) is 15.9. The zero-order valence-corrected chi connectivity index (χ0v) is 48.0. The number of nitrogens with one attached hydrogen (secondary N) is 3. The summed E-state index contributed by atoms with van der Waals surface area (Å²) in [5.41, 5.74) is 3.77. The number of rotatable bonds is 28. The number of carboxylic acids is 1. The van der Waals surface area contributed by atoms with Crippen molar-refractivity contribution >= 4 is 52.8 Å². The van der Waals surface area contributed by atoms with Crippen LogP contribution in [0.3, 0.4) is 0 Å². The highest BCUT2D eigenvalue weighted by atomic mass is 35.5. The highest BCUT2D eigenvalue weighted by molar-refractivity contribution is 6.31. The van der Waals surface area contributed by atoms with E-state index in [0.29, 0.717) is 58.6 Å². The van der Waals surface area contributed by atoms with Gasteiger partial charge in [-0.15, -0.1) is 0 Å². The molecule has 1 aliphatic carbocycles. The van der Waals surface area contributed by atoms with Crippen LogP contribution in [-0.4, -0.2) is 157 Å². The smallest absolute Gasteiger partial charge is 0.304 e. The van der Waals surface area contributed by atoms with Gasteiger partial charge in [0.05, 0.1) is 49.5 Å². The van der Waals surface area contributed by atoms with Crippen LogP contribution in [0.4, 0.5) is 0 Å². The molecule has 0 aliphatic heterocycles. The number of pyridine rings is 1. The fraction of sp³-hybridized carbons (Fsp3) is 0.466. The SMILES string of the molecule is COC[C@H](NC(=O)[C@H](CCN(C)C)NCc1ccc(Cl)cc1Oc1ccc(-c2cnc(CN(C)C)n2C)cc1)C(=O)N(C)[C@H](CC(=O)N[C@H]1CCCC[C@@H]1N(C)C(=O)[C@@H](CC(=O)O)Cc1cccc[n+]1[O-])Cc1ccc(Cl)cc1. The molecule has 21 heteroatoms. The van der Waals surface area contributed by atoms with Crippen molar-refractivity contribution < 1.29 is 43.3 Å². The molecule has 0 bridgehead atoms. The van der Waals surface area contributed by atoms with Crippen LogP contribution in [0, 0.1) is 11.1 Å². The second-order valence-corrected chi connectivity index (χ2v) is 21.8. The molecule has 0 radical (unpaired) electrons. The third-order valence-corrected chi connectivity index (χ3v) is 14.9. The van der Waals surface area contributed by atoms with Crippen LogP contribution in [0.25, 0.3) is 11.3 Å². The molecule has 0 saturated heterocycles. The van der Waals surface area contributed by atoms with Gasteiger partial charge in [-0.05, 0) is 115 Å². The van der Waals surface area contributed by atoms with Gasteiger partial charge in [-0.1, -0.05) is 60.3 Å². The zero-order valence-electron chi connectivity index (χ0n) is 46.5. The van der Waals surface area contributed by atoms with Gasteiger partial charge in [0, 0.05) is 93.0 Å². The number of aliphatic carboxylic acids is 1. The van der Waals surface area contributed by atoms with Gasteiger partial charge in [-0.3, -0.25) is 24.0 Å². The summed E-state index contributed by atoms with van der Waals surface area (Å²) in [6.45, 7) is 1.30. The number of likely N-dealkylation sites (N-methyl/N-ethyl adjacent to an activating group) is 2. The lowest BCUT2D eigenvalue weighted by atomic mass is 9.87. The highest BCUT2D eigenvalue weighted by Crippen LogP contribution is 2.31. The summed E-state index contributed by atoms with van der Waals surface area (Å²) < 4.78 is 14.7. The van der Waals surface area contributed by atoms with E-state index in [0.717, 1.165) is 41.1 Å². The summed E-state index contributed by atoms with van der Waals surface area (Å²) in [5.74, 6) is -1.87. The number of hydrogen-bond acceptors (Lipinski definition) is 12. The molecule has 1 saturated carbocycles. The van der Waals surface area contributed by atoms with E-state index in [2.05, 4.69) is 30.4 Å². The Kier molecular flexibility index (Phi) is 23.0. The summed E-state index contributed by atoms with van der Waals surface area (Å²) in [5, 5.41) is 32.8. The summed E-state index contributed by atoms with van der Waals surface area (Å²) in [6.07, 6.45) is 5.81. The number of nitrogens with zero attached hydrogens (tertiary/aromatic N) is 7. The second-order valence-electron chi connectivity index (χ2n) is 20.9. The summed E-state index contributed by atoms with van der Waals surface area (Å²) in [7, 11) is 14.5. The molecule has 5 aromatic rings. The Morgan fingerprint density at radius 1 is 0.861 bits per heavy atom. The number of imidazole rings is 1. The van der Waals surface area contributed by atoms with Crippen LogP contribution in [-0.2, 0) is 61.7 Å². The minimum Gasteiger partial charge on any atom is -0.619 e. The summed E-state index contributed by atoms with van der Waals surface area (Å²) in [4.78, 5) is 81.1. The zero-order chi connectivity index (χ0) is 57.3. The number of hydrogen-bond donors (Lipinski definition) is 4. The van der Waals surface area contributed by atoms with Crippen LogP contribution in [0.15, 0.2) is 97.3 Å². The average Bonchev–Trinajstić information content (AvgIpc) is 3.77. The molecular weight excluding hydrogens is 1050 g/mol. The second kappa shape index (κ2) is 29.6. The molecule has 2 aromatic heterocycles. The van der Waals surface area contributed by atoms with Crippen LogP contribution in [0.5, 0.6) is 11.5 Å². The number of benzene rings is 3. The Balaban J connectivity index is 1.16. The molecule has 3 aromatic carbocycles. The van der Waals surface area contributed by atoms with E-state index in [-0.39, 0.29) is 44.0 Å². The first-order valence-corrected chi connectivity index (χ1v) is 27.3. The third kappa shape index (κ3) is 17.9. The van der Waals surface area contributed by atoms with Gasteiger partial charge in [0.1, 0.15) is 23.4 Å². The molecule has 19 nitrogen and oxygen atoms in total. The van der Waals surface area contributed by atoms with Gasteiger partial charge in [-0.25, -0.2) is 4.98 Å². The molecule has 2 heterocycles. The standard InChI is InChI=1S/C58H76Cl2N10O9/c1-65(2)28-26-48(61-34-40-18-23-43(60)32-52(40)79-46-24-19-39(20-25-46)51-35-62-53(68(51)6)36-66(3)4)56(74)64-49(37-78-8)58(76)67(5)45(29-38-16-21-42(59)22-17-38)33-54(71)63-47-14-9-10-15-50(47)69(7)57(75)41(31-55(72)73)30-44-13-11-12-27-70(44)77/h11-13,16-25,27,32,35,41,45,47-50,61H,9-10,14-15,26,28-31,33-34,36-37H2,1-8H3,(H,63,71)(H,64,74)(H,72,73)/t41-,45+,47+,48+,49+,50+/m1/s1. The van der Waals surface area contributed by atoms with E-state index in [1.165, 1.54) is 23.1 Å². The molecule has 4 N–H and O–H groups in total. The molecule has 1 aliphatic rings. The molecule has 6 rings (SSSR count). The van der Waals surface area contributed by atoms with E-state index < -0.39 is 66.2 Å². The number of methoxy groups -OCH3 is 1. The molecule has 0 spiro atoms. The Bertz CT molecular complexity index is 2830. The predicted octanol–water partition coefficient (Wildman–Crippen LogP) is 6.10. The lowest BCUT2D eigenvalue weighted by Crippen LogP contribution is -2.57. The van der Waals surface area contributed by atoms with Crippen molar-refractivity contribution in [2.75, 3.05) is 62.5 Å². The first kappa shape index (κ1) is 61.6. The largest absolute Gasteiger partial charge is 0.619 e. The quantitative estimate of drug-likeness (QED) is 0.0329. The van der Waals surface area contributed by atoms with Gasteiger partial charge < -0.3 is 59.9 Å². The molecule has 6 atom stereocenters. The summed E-state index contributed by atoms with van der Waals surface area (Å²) in [6, 6.07) is 21.4. The van der Waals surface area contributed by atoms with E-state index in [9.17, 15) is 34.3 Å². The number of amides is 4. The number of carbonyl (C=O) groups excluding carboxylic acids is 4. The monoisotopic (exact) mass is 1130 g/mol. The Hall–Kier alpha value is -6.61. The van der Waals surface area contributed by atoms with Gasteiger partial charge >= 0.3 is 5.97 Å². The first-order valence-electron chi connectivity index (χ1n) is 26.6. The number of halogens is 2. The van der Waals surface area contributed by atoms with Gasteiger partial charge in [0.2, 0.25) is 23.6 Å². The Labute approximate surface area is 473 Å². The molecule has 0 unspecified atom stereocenters. The molecule has 1 fully saturated rings. The minimum atomic E-state index is -1.17. The van der Waals surface area contributed by atoms with E-state index in [4.69, 9.17) is 32.7 Å².